The number of aromatic nitrogens is 4. The quantitative estimate of drug-likeness (QED) is 0.802. The molecule has 0 radical (unpaired) electrons. The fourth-order valence-corrected chi connectivity index (χ4v) is 1.54. The highest BCUT2D eigenvalue weighted by atomic mass is 16.5. The van der Waals surface area contributed by atoms with Gasteiger partial charge in [0.15, 0.2) is 6.29 Å². The molecule has 0 fully saturated rings. The van der Waals surface area contributed by atoms with Crippen LogP contribution in [0.25, 0.3) is 5.69 Å². The van der Waals surface area contributed by atoms with Crippen LogP contribution >= 0.6 is 0 Å². The van der Waals surface area contributed by atoms with Crippen LogP contribution in [0.3, 0.4) is 0 Å². The second-order valence-electron chi connectivity index (χ2n) is 3.64. The number of amides is 1. The number of nitrogens with one attached hydrogen (secondary N) is 1. The Kier molecular flexibility index (Phi) is 3.51. The molecule has 1 aromatic heterocycles. The highest BCUT2D eigenvalue weighted by molar-refractivity contribution is 5.87. The Morgan fingerprint density at radius 2 is 2.26 bits per heavy atom. The van der Waals surface area contributed by atoms with Crippen LogP contribution < -0.4 is 10.1 Å². The lowest BCUT2D eigenvalue weighted by Gasteiger charge is -2.07. The second kappa shape index (κ2) is 5.25. The van der Waals surface area contributed by atoms with Crippen LogP contribution in [0.2, 0.25) is 0 Å². The Balaban J connectivity index is 2.44. The predicted octanol–water partition coefficient (Wildman–Crippen LogP) is 0.442. The molecule has 0 atom stereocenters. The van der Waals surface area contributed by atoms with Crippen LogP contribution in [0.15, 0.2) is 18.2 Å². The molecule has 98 valence electrons. The number of anilines is 1. The molecule has 0 saturated carbocycles. The molecule has 2 aromatic rings. The Morgan fingerprint density at radius 3 is 2.89 bits per heavy atom. The molecule has 0 aliphatic carbocycles. The van der Waals surface area contributed by atoms with E-state index in [4.69, 9.17) is 4.74 Å². The first-order valence-electron chi connectivity index (χ1n) is 5.35. The zero-order chi connectivity index (χ0) is 13.8. The molecule has 8 nitrogen and oxygen atoms in total. The molecule has 0 aliphatic rings. The van der Waals surface area contributed by atoms with Gasteiger partial charge in [-0.15, -0.1) is 0 Å². The lowest BCUT2D eigenvalue weighted by atomic mass is 10.2. The summed E-state index contributed by atoms with van der Waals surface area (Å²) in [5.41, 5.74) is 0.904. The standard InChI is InChI=1S/C11H11N5O3/c1-7(18)12-11-13-14-15-16(11)9-3-4-10(19-2)8(5-9)6-17/h3-6H,1-2H3,(H,12,13,15,18). The van der Waals surface area contributed by atoms with Crippen LogP contribution in [-0.2, 0) is 4.79 Å². The average Bonchev–Trinajstić information content (AvgIpc) is 2.85. The third-order valence-corrected chi connectivity index (χ3v) is 2.34. The number of hydrogen-bond acceptors (Lipinski definition) is 6. The lowest BCUT2D eigenvalue weighted by Crippen LogP contribution is -2.12. The summed E-state index contributed by atoms with van der Waals surface area (Å²) in [7, 11) is 1.47. The van der Waals surface area contributed by atoms with Gasteiger partial charge in [0.25, 0.3) is 5.95 Å². The minimum absolute atomic E-state index is 0.175. The Morgan fingerprint density at radius 1 is 1.47 bits per heavy atom. The number of carbonyl (C=O) groups excluding carboxylic acids is 2. The summed E-state index contributed by atoms with van der Waals surface area (Å²) < 4.78 is 6.35. The van der Waals surface area contributed by atoms with Crippen molar-refractivity contribution in [2.75, 3.05) is 12.4 Å². The molecule has 8 heteroatoms. The third kappa shape index (κ3) is 2.57. The lowest BCUT2D eigenvalue weighted by molar-refractivity contribution is -0.114. The molecule has 0 saturated heterocycles. The van der Waals surface area contributed by atoms with Crippen molar-refractivity contribution in [3.63, 3.8) is 0 Å². The van der Waals surface area contributed by atoms with Gasteiger partial charge in [-0.05, 0) is 28.6 Å². The molecule has 1 amide bonds. The number of benzene rings is 1. The zero-order valence-electron chi connectivity index (χ0n) is 10.3. The summed E-state index contributed by atoms with van der Waals surface area (Å²) in [6.45, 7) is 1.35. The predicted molar refractivity (Wildman–Crippen MR) is 65.4 cm³/mol. The number of tetrazole rings is 1. The number of hydrogen-bond donors (Lipinski definition) is 1. The first-order chi connectivity index (χ1) is 9.15. The highest BCUT2D eigenvalue weighted by Gasteiger charge is 2.11. The van der Waals surface area contributed by atoms with Gasteiger partial charge in [-0.25, -0.2) is 0 Å². The summed E-state index contributed by atoms with van der Waals surface area (Å²) in [5.74, 6) is 0.336. The molecule has 1 N–H and O–H groups in total. The van der Waals surface area contributed by atoms with Crippen LogP contribution in [-0.4, -0.2) is 39.5 Å². The summed E-state index contributed by atoms with van der Waals surface area (Å²) in [6, 6.07) is 4.86. The second-order valence-corrected chi connectivity index (χ2v) is 3.64. The largest absolute Gasteiger partial charge is 0.496 e. The van der Waals surface area contributed by atoms with Crippen LogP contribution in [0.4, 0.5) is 5.95 Å². The van der Waals surface area contributed by atoms with E-state index in [2.05, 4.69) is 20.8 Å². The van der Waals surface area contributed by atoms with E-state index in [1.54, 1.807) is 18.2 Å². The molecule has 19 heavy (non-hydrogen) atoms. The Hall–Kier alpha value is -2.77. The first-order valence-corrected chi connectivity index (χ1v) is 5.35. The van der Waals surface area contributed by atoms with E-state index in [1.807, 2.05) is 0 Å². The maximum absolute atomic E-state index is 11.0. The van der Waals surface area contributed by atoms with Crippen molar-refractivity contribution >= 4 is 18.1 Å². The number of ether oxygens (including phenoxy) is 1. The molecular weight excluding hydrogens is 250 g/mol. The smallest absolute Gasteiger partial charge is 0.254 e. The normalized spacial score (nSPS) is 10.0. The molecule has 0 unspecified atom stereocenters. The van der Waals surface area contributed by atoms with E-state index in [0.717, 1.165) is 0 Å². The van der Waals surface area contributed by atoms with Gasteiger partial charge in [-0.1, -0.05) is 5.10 Å². The maximum atomic E-state index is 11.0. The van der Waals surface area contributed by atoms with Crippen LogP contribution in [0.1, 0.15) is 17.3 Å². The van der Waals surface area contributed by atoms with Crippen molar-refractivity contribution in [1.29, 1.82) is 0 Å². The van der Waals surface area contributed by atoms with Gasteiger partial charge in [-0.3, -0.25) is 14.9 Å². The molecule has 2 rings (SSSR count). The van der Waals surface area contributed by atoms with Gasteiger partial charge in [-0.2, -0.15) is 4.68 Å². The molecule has 1 heterocycles. The summed E-state index contributed by atoms with van der Waals surface area (Å²) in [4.78, 5) is 22.0. The van der Waals surface area contributed by atoms with E-state index < -0.39 is 0 Å². The summed E-state index contributed by atoms with van der Waals surface area (Å²) in [6.07, 6.45) is 0.671. The number of aldehydes is 1. The topological polar surface area (TPSA) is 99.0 Å². The summed E-state index contributed by atoms with van der Waals surface area (Å²) in [5, 5.41) is 13.4. The third-order valence-electron chi connectivity index (χ3n) is 2.34. The number of rotatable bonds is 4. The van der Waals surface area contributed by atoms with E-state index in [1.165, 1.54) is 18.7 Å². The van der Waals surface area contributed by atoms with Gasteiger partial charge in [0.05, 0.1) is 18.4 Å². The number of nitrogens with zero attached hydrogens (tertiary/aromatic N) is 4. The minimum Gasteiger partial charge on any atom is -0.496 e. The van der Waals surface area contributed by atoms with Crippen molar-refractivity contribution < 1.29 is 14.3 Å². The molecule has 1 aromatic carbocycles. The van der Waals surface area contributed by atoms with E-state index in [9.17, 15) is 9.59 Å². The fraction of sp³-hybridized carbons (Fsp3) is 0.182. The summed E-state index contributed by atoms with van der Waals surface area (Å²) >= 11 is 0. The van der Waals surface area contributed by atoms with Crippen molar-refractivity contribution in [3.8, 4) is 11.4 Å². The van der Waals surface area contributed by atoms with E-state index >= 15 is 0 Å². The number of carbonyl (C=O) groups is 2. The first kappa shape index (κ1) is 12.7. The Bertz CT molecular complexity index is 623. The van der Waals surface area contributed by atoms with Gasteiger partial charge in [0.2, 0.25) is 5.91 Å². The van der Waals surface area contributed by atoms with Crippen molar-refractivity contribution in [1.82, 2.24) is 20.2 Å². The average molecular weight is 261 g/mol. The molecule has 0 aliphatic heterocycles. The molecular formula is C11H11N5O3. The molecule has 0 bridgehead atoms. The van der Waals surface area contributed by atoms with Crippen molar-refractivity contribution in [2.24, 2.45) is 0 Å². The van der Waals surface area contributed by atoms with Gasteiger partial charge in [0, 0.05) is 6.92 Å². The zero-order valence-corrected chi connectivity index (χ0v) is 10.3. The van der Waals surface area contributed by atoms with Crippen LogP contribution in [0, 0.1) is 0 Å². The number of methoxy groups -OCH3 is 1. The van der Waals surface area contributed by atoms with Crippen molar-refractivity contribution in [3.05, 3.63) is 23.8 Å². The fourth-order valence-electron chi connectivity index (χ4n) is 1.54. The Labute approximate surface area is 108 Å². The maximum Gasteiger partial charge on any atom is 0.254 e. The van der Waals surface area contributed by atoms with Gasteiger partial charge >= 0.3 is 0 Å². The van der Waals surface area contributed by atoms with Gasteiger partial charge < -0.3 is 4.74 Å². The van der Waals surface area contributed by atoms with E-state index in [-0.39, 0.29) is 11.9 Å². The SMILES string of the molecule is COc1ccc(-n2nnnc2NC(C)=O)cc1C=O. The van der Waals surface area contributed by atoms with Crippen LogP contribution in [0.5, 0.6) is 5.75 Å². The monoisotopic (exact) mass is 261 g/mol. The van der Waals surface area contributed by atoms with Crippen molar-refractivity contribution in [2.45, 2.75) is 6.92 Å². The van der Waals surface area contributed by atoms with Gasteiger partial charge in [0.1, 0.15) is 5.75 Å². The minimum atomic E-state index is -0.292. The van der Waals surface area contributed by atoms with E-state index in [0.29, 0.717) is 23.3 Å². The highest BCUT2D eigenvalue weighted by Crippen LogP contribution is 2.21. The molecule has 0 spiro atoms.